The third-order valence-corrected chi connectivity index (χ3v) is 3.76. The monoisotopic (exact) mass is 293 g/mol. The van der Waals surface area contributed by atoms with Crippen molar-refractivity contribution in [1.82, 2.24) is 9.38 Å². The Kier molecular flexibility index (Phi) is 2.63. The van der Waals surface area contributed by atoms with Crippen LogP contribution in [0.5, 0.6) is 0 Å². The minimum absolute atomic E-state index is 0.0440. The molecule has 2 aromatic rings. The molecule has 2 aromatic heterocycles. The molecular weight excluding hydrogens is 282 g/mol. The van der Waals surface area contributed by atoms with Crippen molar-refractivity contribution in [2.24, 2.45) is 0 Å². The quantitative estimate of drug-likeness (QED) is 0.808. The zero-order chi connectivity index (χ0) is 11.8. The minimum Gasteiger partial charge on any atom is -0.355 e. The van der Waals surface area contributed by atoms with Gasteiger partial charge in [0.05, 0.1) is 0 Å². The second-order valence-electron chi connectivity index (χ2n) is 4.18. The summed E-state index contributed by atoms with van der Waals surface area (Å²) >= 11 is 3.37. The van der Waals surface area contributed by atoms with Crippen LogP contribution < -0.4 is 10.5 Å². The summed E-state index contributed by atoms with van der Waals surface area (Å²) < 4.78 is 2.12. The van der Waals surface area contributed by atoms with Crippen molar-refractivity contribution in [3.05, 3.63) is 39.2 Å². The number of anilines is 1. The maximum absolute atomic E-state index is 12.2. The Morgan fingerprint density at radius 1 is 1.24 bits per heavy atom. The van der Waals surface area contributed by atoms with Gasteiger partial charge in [-0.25, -0.2) is 4.98 Å². The van der Waals surface area contributed by atoms with Crippen LogP contribution in [0.3, 0.4) is 0 Å². The Bertz CT molecular complexity index is 617. The normalized spacial score (nSPS) is 15.7. The van der Waals surface area contributed by atoms with E-state index in [2.05, 4.69) is 25.8 Å². The van der Waals surface area contributed by atoms with Crippen LogP contribution in [-0.2, 0) is 0 Å². The van der Waals surface area contributed by atoms with Gasteiger partial charge >= 0.3 is 0 Å². The van der Waals surface area contributed by atoms with Crippen molar-refractivity contribution >= 4 is 27.4 Å². The van der Waals surface area contributed by atoms with E-state index >= 15 is 0 Å². The number of halogens is 1. The molecule has 5 heteroatoms. The standard InChI is InChI=1S/C12H12BrN3O/c13-10-11(15-6-3-4-7-15)14-9-5-1-2-8-16(9)12(10)17/h1-2,5,8H,3-4,6-7H2. The number of fused-ring (bicyclic) bond motifs is 1. The average molecular weight is 294 g/mol. The van der Waals surface area contributed by atoms with Gasteiger partial charge < -0.3 is 4.90 Å². The third-order valence-electron chi connectivity index (χ3n) is 3.07. The molecular formula is C12H12BrN3O. The Labute approximate surface area is 107 Å². The Morgan fingerprint density at radius 2 is 2.00 bits per heavy atom. The van der Waals surface area contributed by atoms with Gasteiger partial charge in [0.1, 0.15) is 10.1 Å². The summed E-state index contributed by atoms with van der Waals surface area (Å²) in [5.74, 6) is 0.777. The fraction of sp³-hybridized carbons (Fsp3) is 0.333. The van der Waals surface area contributed by atoms with Gasteiger partial charge in [0.15, 0.2) is 5.82 Å². The lowest BCUT2D eigenvalue weighted by Crippen LogP contribution is -2.25. The zero-order valence-electron chi connectivity index (χ0n) is 9.27. The number of nitrogens with zero attached hydrogens (tertiary/aromatic N) is 3. The molecule has 3 heterocycles. The van der Waals surface area contributed by atoms with Crippen molar-refractivity contribution in [2.45, 2.75) is 12.8 Å². The highest BCUT2D eigenvalue weighted by molar-refractivity contribution is 9.10. The van der Waals surface area contributed by atoms with E-state index in [4.69, 9.17) is 0 Å². The predicted molar refractivity (Wildman–Crippen MR) is 70.6 cm³/mol. The third kappa shape index (κ3) is 1.74. The molecule has 0 saturated carbocycles. The topological polar surface area (TPSA) is 37.6 Å². The van der Waals surface area contributed by atoms with E-state index in [0.29, 0.717) is 10.1 Å². The molecule has 0 aromatic carbocycles. The molecule has 1 saturated heterocycles. The van der Waals surface area contributed by atoms with Gasteiger partial charge in [-0.1, -0.05) is 6.07 Å². The van der Waals surface area contributed by atoms with Gasteiger partial charge in [-0.2, -0.15) is 0 Å². The van der Waals surface area contributed by atoms with E-state index in [1.54, 1.807) is 10.6 Å². The Morgan fingerprint density at radius 3 is 2.76 bits per heavy atom. The summed E-state index contributed by atoms with van der Waals surface area (Å²) in [5, 5.41) is 0. The van der Waals surface area contributed by atoms with Crippen molar-refractivity contribution in [2.75, 3.05) is 18.0 Å². The molecule has 0 aliphatic carbocycles. The molecule has 17 heavy (non-hydrogen) atoms. The molecule has 1 aliphatic heterocycles. The summed E-state index contributed by atoms with van der Waals surface area (Å²) in [6.07, 6.45) is 4.08. The predicted octanol–water partition coefficient (Wildman–Crippen LogP) is 2.06. The van der Waals surface area contributed by atoms with Crippen LogP contribution in [0.1, 0.15) is 12.8 Å². The van der Waals surface area contributed by atoms with Crippen LogP contribution in [0.15, 0.2) is 33.7 Å². The molecule has 0 atom stereocenters. The minimum atomic E-state index is -0.0440. The zero-order valence-corrected chi connectivity index (χ0v) is 10.9. The summed E-state index contributed by atoms with van der Waals surface area (Å²) in [6, 6.07) is 5.58. The van der Waals surface area contributed by atoms with Crippen LogP contribution in [0.2, 0.25) is 0 Å². The first-order valence-electron chi connectivity index (χ1n) is 5.69. The molecule has 3 rings (SSSR count). The van der Waals surface area contributed by atoms with Crippen LogP contribution in [-0.4, -0.2) is 22.5 Å². The highest BCUT2D eigenvalue weighted by atomic mass is 79.9. The van der Waals surface area contributed by atoms with Crippen LogP contribution in [0.4, 0.5) is 5.82 Å². The molecule has 0 N–H and O–H groups in total. The molecule has 0 bridgehead atoms. The van der Waals surface area contributed by atoms with Crippen molar-refractivity contribution in [3.63, 3.8) is 0 Å². The van der Waals surface area contributed by atoms with E-state index in [-0.39, 0.29) is 5.56 Å². The van der Waals surface area contributed by atoms with Gasteiger partial charge in [0.2, 0.25) is 0 Å². The van der Waals surface area contributed by atoms with Gasteiger partial charge in [0, 0.05) is 19.3 Å². The number of hydrogen-bond donors (Lipinski definition) is 0. The summed E-state index contributed by atoms with van der Waals surface area (Å²) in [5.41, 5.74) is 0.653. The number of aromatic nitrogens is 2. The lowest BCUT2D eigenvalue weighted by molar-refractivity contribution is 0.911. The van der Waals surface area contributed by atoms with E-state index in [1.165, 1.54) is 12.8 Å². The van der Waals surface area contributed by atoms with Gasteiger partial charge in [-0.05, 0) is 40.9 Å². The van der Waals surface area contributed by atoms with Gasteiger partial charge in [-0.15, -0.1) is 0 Å². The highest BCUT2D eigenvalue weighted by Crippen LogP contribution is 2.24. The molecule has 4 nitrogen and oxygen atoms in total. The van der Waals surface area contributed by atoms with Gasteiger partial charge in [-0.3, -0.25) is 9.20 Å². The smallest absolute Gasteiger partial charge is 0.274 e. The molecule has 0 amide bonds. The average Bonchev–Trinajstić information content (AvgIpc) is 2.87. The molecule has 0 radical (unpaired) electrons. The maximum atomic E-state index is 12.2. The van der Waals surface area contributed by atoms with Gasteiger partial charge in [0.25, 0.3) is 5.56 Å². The van der Waals surface area contributed by atoms with Crippen LogP contribution >= 0.6 is 15.9 Å². The van der Waals surface area contributed by atoms with Crippen molar-refractivity contribution < 1.29 is 0 Å². The molecule has 0 spiro atoms. The van der Waals surface area contributed by atoms with Crippen LogP contribution in [0, 0.1) is 0 Å². The fourth-order valence-electron chi connectivity index (χ4n) is 2.19. The second kappa shape index (κ2) is 4.14. The first-order chi connectivity index (χ1) is 8.27. The fourth-order valence-corrected chi connectivity index (χ4v) is 2.72. The lowest BCUT2D eigenvalue weighted by Gasteiger charge is -2.18. The van der Waals surface area contributed by atoms with Crippen LogP contribution in [0.25, 0.3) is 5.65 Å². The van der Waals surface area contributed by atoms with E-state index in [0.717, 1.165) is 18.9 Å². The summed E-state index contributed by atoms with van der Waals surface area (Å²) in [6.45, 7) is 1.96. The summed E-state index contributed by atoms with van der Waals surface area (Å²) in [4.78, 5) is 18.9. The highest BCUT2D eigenvalue weighted by Gasteiger charge is 2.19. The Hall–Kier alpha value is -1.36. The number of hydrogen-bond acceptors (Lipinski definition) is 3. The molecule has 1 aliphatic rings. The van der Waals surface area contributed by atoms with Crippen molar-refractivity contribution in [1.29, 1.82) is 0 Å². The molecule has 1 fully saturated rings. The number of rotatable bonds is 1. The summed E-state index contributed by atoms with van der Waals surface area (Å²) in [7, 11) is 0. The second-order valence-corrected chi connectivity index (χ2v) is 4.97. The van der Waals surface area contributed by atoms with Crippen molar-refractivity contribution in [3.8, 4) is 0 Å². The molecule has 88 valence electrons. The Balaban J connectivity index is 2.25. The van der Waals surface area contributed by atoms with E-state index < -0.39 is 0 Å². The largest absolute Gasteiger partial charge is 0.355 e. The van der Waals surface area contributed by atoms with E-state index in [9.17, 15) is 4.79 Å². The number of pyridine rings is 1. The maximum Gasteiger partial charge on any atom is 0.274 e. The first kappa shape index (κ1) is 10.8. The lowest BCUT2D eigenvalue weighted by atomic mass is 10.4. The first-order valence-corrected chi connectivity index (χ1v) is 6.48. The molecule has 0 unspecified atom stereocenters. The SMILES string of the molecule is O=c1c(Br)c(N2CCCC2)nc2ccccn12. The van der Waals surface area contributed by atoms with E-state index in [1.807, 2.05) is 18.2 Å².